The van der Waals surface area contributed by atoms with Gasteiger partial charge in [0.05, 0.1) is 0 Å². The number of carbonyl (C=O) groups excluding carboxylic acids is 1. The lowest BCUT2D eigenvalue weighted by molar-refractivity contribution is -0.123. The first-order valence-corrected chi connectivity index (χ1v) is 7.60. The molecule has 15 heavy (non-hydrogen) atoms. The summed E-state index contributed by atoms with van der Waals surface area (Å²) in [5, 5.41) is 3.34. The van der Waals surface area contributed by atoms with Crippen molar-refractivity contribution in [3.8, 4) is 0 Å². The molecule has 4 fully saturated rings. The lowest BCUT2D eigenvalue weighted by atomic mass is 9.76. The lowest BCUT2D eigenvalue weighted by Crippen LogP contribution is -2.50. The van der Waals surface area contributed by atoms with Gasteiger partial charge in [-0.25, -0.2) is 0 Å². The van der Waals surface area contributed by atoms with Crippen LogP contribution in [0, 0.1) is 17.8 Å². The standard InChI is InChI=1S/C12H18INO/c13-2-1-11(15)14-12-5-8-3-9(6-12)10(4-8)7-12/h8-10H,1-7H2,(H,14,15). The van der Waals surface area contributed by atoms with Crippen LogP contribution < -0.4 is 5.32 Å². The van der Waals surface area contributed by atoms with Crippen LogP contribution in [0.3, 0.4) is 0 Å². The molecular weight excluding hydrogens is 301 g/mol. The summed E-state index contributed by atoms with van der Waals surface area (Å²) >= 11 is 2.28. The highest BCUT2D eigenvalue weighted by atomic mass is 127. The van der Waals surface area contributed by atoms with Crippen molar-refractivity contribution in [2.45, 2.75) is 44.1 Å². The van der Waals surface area contributed by atoms with Crippen LogP contribution in [0.1, 0.15) is 38.5 Å². The van der Waals surface area contributed by atoms with Crippen LogP contribution in [0.25, 0.3) is 0 Å². The Hall–Kier alpha value is 0.200. The van der Waals surface area contributed by atoms with E-state index in [1.165, 1.54) is 32.1 Å². The van der Waals surface area contributed by atoms with Gasteiger partial charge in [-0.2, -0.15) is 0 Å². The van der Waals surface area contributed by atoms with Gasteiger partial charge in [0.25, 0.3) is 0 Å². The van der Waals surface area contributed by atoms with Crippen molar-refractivity contribution < 1.29 is 4.79 Å². The van der Waals surface area contributed by atoms with Gasteiger partial charge in [0.15, 0.2) is 0 Å². The molecule has 0 aromatic rings. The quantitative estimate of drug-likeness (QED) is 0.628. The predicted octanol–water partition coefficient (Wildman–Crippen LogP) is 2.51. The summed E-state index contributed by atoms with van der Waals surface area (Å²) < 4.78 is 0.940. The number of nitrogens with one attached hydrogen (secondary N) is 1. The van der Waals surface area contributed by atoms with Crippen molar-refractivity contribution in [3.05, 3.63) is 0 Å². The Morgan fingerprint density at radius 3 is 2.47 bits per heavy atom. The molecule has 0 aromatic carbocycles. The first kappa shape index (κ1) is 10.4. The fourth-order valence-corrected chi connectivity index (χ4v) is 4.90. The van der Waals surface area contributed by atoms with Crippen molar-refractivity contribution in [1.82, 2.24) is 5.32 Å². The summed E-state index contributed by atoms with van der Waals surface area (Å²) in [5.41, 5.74) is 0.236. The third-order valence-corrected chi connectivity index (χ3v) is 5.19. The zero-order valence-electron chi connectivity index (χ0n) is 8.97. The third kappa shape index (κ3) is 1.71. The van der Waals surface area contributed by atoms with Crippen LogP contribution in [0.4, 0.5) is 0 Å². The maximum atomic E-state index is 11.7. The summed E-state index contributed by atoms with van der Waals surface area (Å²) in [5.74, 6) is 3.11. The van der Waals surface area contributed by atoms with Crippen LogP contribution in [0.5, 0.6) is 0 Å². The first-order valence-electron chi connectivity index (χ1n) is 6.08. The molecule has 4 rings (SSSR count). The van der Waals surface area contributed by atoms with Gasteiger partial charge in [-0.05, 0) is 49.9 Å². The van der Waals surface area contributed by atoms with Gasteiger partial charge in [-0.15, -0.1) is 0 Å². The Morgan fingerprint density at radius 1 is 1.27 bits per heavy atom. The molecule has 0 radical (unpaired) electrons. The maximum absolute atomic E-state index is 11.7. The third-order valence-electron chi connectivity index (χ3n) is 4.65. The van der Waals surface area contributed by atoms with Gasteiger partial charge in [-0.3, -0.25) is 4.79 Å². The van der Waals surface area contributed by atoms with Crippen LogP contribution in [-0.4, -0.2) is 15.9 Å². The molecule has 4 aliphatic carbocycles. The molecule has 2 unspecified atom stereocenters. The molecule has 0 aliphatic heterocycles. The fourth-order valence-electron chi connectivity index (χ4n) is 4.41. The molecule has 2 atom stereocenters. The van der Waals surface area contributed by atoms with E-state index in [2.05, 4.69) is 27.9 Å². The minimum atomic E-state index is 0.236. The van der Waals surface area contributed by atoms with Crippen LogP contribution in [-0.2, 0) is 4.79 Å². The van der Waals surface area contributed by atoms with E-state index in [9.17, 15) is 4.79 Å². The summed E-state index contributed by atoms with van der Waals surface area (Å²) in [6.07, 6.45) is 7.43. The molecule has 1 amide bonds. The maximum Gasteiger partial charge on any atom is 0.221 e. The average molecular weight is 319 g/mol. The molecule has 0 heterocycles. The Balaban J connectivity index is 1.69. The molecule has 0 aromatic heterocycles. The van der Waals surface area contributed by atoms with Crippen LogP contribution in [0.2, 0.25) is 0 Å². The van der Waals surface area contributed by atoms with Crippen molar-refractivity contribution in [2.75, 3.05) is 4.43 Å². The van der Waals surface area contributed by atoms with E-state index in [0.717, 1.165) is 22.2 Å². The van der Waals surface area contributed by atoms with Gasteiger partial charge < -0.3 is 5.32 Å². The lowest BCUT2D eigenvalue weighted by Gasteiger charge is -2.39. The number of hydrogen-bond donors (Lipinski definition) is 1. The average Bonchev–Trinajstić information content (AvgIpc) is 2.53. The van der Waals surface area contributed by atoms with Crippen molar-refractivity contribution in [2.24, 2.45) is 17.8 Å². The van der Waals surface area contributed by atoms with E-state index < -0.39 is 0 Å². The molecule has 4 saturated carbocycles. The smallest absolute Gasteiger partial charge is 0.221 e. The molecule has 0 spiro atoms. The number of alkyl halides is 1. The normalized spacial score (nSPS) is 46.1. The summed E-state index contributed by atoms with van der Waals surface area (Å²) in [4.78, 5) is 11.7. The SMILES string of the molecule is O=C(CCI)NC12CC3CC(C1)C(C3)C2. The number of amides is 1. The summed E-state index contributed by atoms with van der Waals surface area (Å²) in [7, 11) is 0. The van der Waals surface area contributed by atoms with E-state index in [1.54, 1.807) is 0 Å². The zero-order chi connectivity index (χ0) is 10.5. The molecule has 1 N–H and O–H groups in total. The zero-order valence-corrected chi connectivity index (χ0v) is 11.1. The highest BCUT2D eigenvalue weighted by molar-refractivity contribution is 14.1. The summed E-state index contributed by atoms with van der Waals surface area (Å²) in [6, 6.07) is 0. The number of halogens is 1. The second-order valence-corrected chi connectivity index (χ2v) is 6.82. The van der Waals surface area contributed by atoms with E-state index in [0.29, 0.717) is 6.42 Å². The number of hydrogen-bond acceptors (Lipinski definition) is 1. The van der Waals surface area contributed by atoms with E-state index in [1.807, 2.05) is 0 Å². The van der Waals surface area contributed by atoms with E-state index >= 15 is 0 Å². The topological polar surface area (TPSA) is 29.1 Å². The molecular formula is C12H18INO. The van der Waals surface area contributed by atoms with Crippen molar-refractivity contribution in [3.63, 3.8) is 0 Å². The fraction of sp³-hybridized carbons (Fsp3) is 0.917. The van der Waals surface area contributed by atoms with Gasteiger partial charge in [0.1, 0.15) is 0 Å². The summed E-state index contributed by atoms with van der Waals surface area (Å²) in [6.45, 7) is 0. The minimum Gasteiger partial charge on any atom is -0.351 e. The predicted molar refractivity (Wildman–Crippen MR) is 67.9 cm³/mol. The molecule has 2 nitrogen and oxygen atoms in total. The Morgan fingerprint density at radius 2 is 1.93 bits per heavy atom. The minimum absolute atomic E-state index is 0.236. The number of carbonyl (C=O) groups is 1. The largest absolute Gasteiger partial charge is 0.351 e. The Labute approximate surface area is 105 Å². The van der Waals surface area contributed by atoms with Gasteiger partial charge in [-0.1, -0.05) is 22.6 Å². The van der Waals surface area contributed by atoms with E-state index in [-0.39, 0.29) is 11.4 Å². The van der Waals surface area contributed by atoms with Gasteiger partial charge in [0.2, 0.25) is 5.91 Å². The monoisotopic (exact) mass is 319 g/mol. The van der Waals surface area contributed by atoms with Gasteiger partial charge >= 0.3 is 0 Å². The molecule has 4 bridgehead atoms. The van der Waals surface area contributed by atoms with Gasteiger partial charge in [0, 0.05) is 16.4 Å². The van der Waals surface area contributed by atoms with Crippen LogP contribution in [0.15, 0.2) is 0 Å². The van der Waals surface area contributed by atoms with Crippen LogP contribution >= 0.6 is 22.6 Å². The molecule has 4 aliphatic rings. The Bertz CT molecular complexity index is 272. The van der Waals surface area contributed by atoms with Crippen molar-refractivity contribution >= 4 is 28.5 Å². The highest BCUT2D eigenvalue weighted by Crippen LogP contribution is 2.59. The first-order chi connectivity index (χ1) is 7.21. The number of rotatable bonds is 3. The highest BCUT2D eigenvalue weighted by Gasteiger charge is 2.56. The molecule has 3 heteroatoms. The van der Waals surface area contributed by atoms with E-state index in [4.69, 9.17) is 0 Å². The second kappa shape index (κ2) is 3.60. The molecule has 0 saturated heterocycles. The Kier molecular flexibility index (Phi) is 2.49. The second-order valence-electron chi connectivity index (χ2n) is 5.74. The molecule has 84 valence electrons. The van der Waals surface area contributed by atoms with Crippen molar-refractivity contribution in [1.29, 1.82) is 0 Å².